The van der Waals surface area contributed by atoms with Crippen LogP contribution < -0.4 is 10.1 Å². The average Bonchev–Trinajstić information content (AvgIpc) is 3.26. The summed E-state index contributed by atoms with van der Waals surface area (Å²) < 4.78 is 11.5. The Labute approximate surface area is 178 Å². The first-order valence-electron chi connectivity index (χ1n) is 9.34. The summed E-state index contributed by atoms with van der Waals surface area (Å²) >= 11 is 1.24. The van der Waals surface area contributed by atoms with Crippen molar-refractivity contribution < 1.29 is 19.1 Å². The van der Waals surface area contributed by atoms with Crippen molar-refractivity contribution >= 4 is 23.2 Å². The molecule has 0 fully saturated rings. The molecule has 1 amide bonds. The quantitative estimate of drug-likeness (QED) is 0.582. The molecule has 1 N–H and O–H groups in total. The third kappa shape index (κ3) is 4.51. The molecule has 158 valence electrons. The Morgan fingerprint density at radius 1 is 1.10 bits per heavy atom. The minimum absolute atomic E-state index is 0.187. The van der Waals surface area contributed by atoms with Gasteiger partial charge in [-0.2, -0.15) is 5.10 Å². The number of carbonyl (C=O) groups excluding carboxylic acids is 2. The summed E-state index contributed by atoms with van der Waals surface area (Å²) in [6.45, 7) is 5.53. The van der Waals surface area contributed by atoms with Gasteiger partial charge >= 0.3 is 5.97 Å². The molecule has 1 aromatic carbocycles. The fourth-order valence-corrected chi connectivity index (χ4v) is 4.04. The third-order valence-electron chi connectivity index (χ3n) is 4.77. The van der Waals surface area contributed by atoms with Crippen LogP contribution in [0.4, 0.5) is 0 Å². The van der Waals surface area contributed by atoms with E-state index < -0.39 is 5.97 Å². The van der Waals surface area contributed by atoms with Crippen molar-refractivity contribution in [3.63, 3.8) is 0 Å². The number of aryl methyl sites for hydroxylation is 2. The van der Waals surface area contributed by atoms with Crippen LogP contribution in [-0.4, -0.2) is 47.4 Å². The molecule has 0 unspecified atom stereocenters. The van der Waals surface area contributed by atoms with Crippen LogP contribution in [0.1, 0.15) is 37.9 Å². The number of aromatic nitrogens is 3. The number of hydrogen-bond acceptors (Lipinski definition) is 7. The van der Waals surface area contributed by atoms with Crippen LogP contribution in [0.25, 0.3) is 5.13 Å². The number of esters is 1. The highest BCUT2D eigenvalue weighted by Crippen LogP contribution is 2.26. The Balaban J connectivity index is 1.84. The molecular weight excluding hydrogens is 404 g/mol. The van der Waals surface area contributed by atoms with E-state index in [0.29, 0.717) is 15.7 Å². The molecular formula is C21H24N4O4S. The van der Waals surface area contributed by atoms with E-state index in [9.17, 15) is 9.59 Å². The molecule has 0 aliphatic carbocycles. The van der Waals surface area contributed by atoms with Gasteiger partial charge in [-0.1, -0.05) is 23.5 Å². The van der Waals surface area contributed by atoms with Gasteiger partial charge in [0.25, 0.3) is 5.91 Å². The highest BCUT2D eigenvalue weighted by atomic mass is 32.1. The smallest absolute Gasteiger partial charge is 0.325 e. The van der Waals surface area contributed by atoms with E-state index in [4.69, 9.17) is 4.74 Å². The molecule has 0 saturated heterocycles. The van der Waals surface area contributed by atoms with E-state index in [2.05, 4.69) is 20.1 Å². The molecule has 2 heterocycles. The molecule has 3 aromatic rings. The van der Waals surface area contributed by atoms with Crippen molar-refractivity contribution in [2.24, 2.45) is 0 Å². The van der Waals surface area contributed by atoms with Crippen molar-refractivity contribution in [1.29, 1.82) is 0 Å². The molecule has 0 aliphatic rings. The number of nitrogens with zero attached hydrogens (tertiary/aromatic N) is 3. The lowest BCUT2D eigenvalue weighted by Crippen LogP contribution is -2.29. The number of nitrogens with one attached hydrogen (secondary N) is 1. The number of methoxy groups -OCH3 is 2. The molecule has 0 bridgehead atoms. The number of ether oxygens (including phenoxy) is 2. The minimum atomic E-state index is -0.507. The minimum Gasteiger partial charge on any atom is -0.497 e. The number of benzene rings is 1. The van der Waals surface area contributed by atoms with Gasteiger partial charge < -0.3 is 14.8 Å². The predicted molar refractivity (Wildman–Crippen MR) is 114 cm³/mol. The summed E-state index contributed by atoms with van der Waals surface area (Å²) in [7, 11) is 2.92. The molecule has 0 radical (unpaired) electrons. The van der Waals surface area contributed by atoms with Crippen molar-refractivity contribution in [2.75, 3.05) is 20.8 Å². The lowest BCUT2D eigenvalue weighted by Gasteiger charge is -2.05. The van der Waals surface area contributed by atoms with Crippen LogP contribution in [0, 0.1) is 20.8 Å². The normalized spacial score (nSPS) is 10.7. The highest BCUT2D eigenvalue weighted by molar-refractivity contribution is 7.16. The Kier molecular flexibility index (Phi) is 6.51. The zero-order valence-corrected chi connectivity index (χ0v) is 18.4. The van der Waals surface area contributed by atoms with Crippen LogP contribution in [0.2, 0.25) is 0 Å². The molecule has 0 atom stereocenters. The summed E-state index contributed by atoms with van der Waals surface area (Å²) in [5, 5.41) is 7.80. The summed E-state index contributed by atoms with van der Waals surface area (Å²) in [5.41, 5.74) is 4.73. The fourth-order valence-electron chi connectivity index (χ4n) is 3.05. The Morgan fingerprint density at radius 3 is 2.43 bits per heavy atom. The Bertz CT molecular complexity index is 1070. The zero-order chi connectivity index (χ0) is 21.8. The summed E-state index contributed by atoms with van der Waals surface area (Å²) in [5.74, 6) is -0.0479. The predicted octanol–water partition coefficient (Wildman–Crippen LogP) is 2.76. The first-order valence-corrected chi connectivity index (χ1v) is 10.2. The van der Waals surface area contributed by atoms with E-state index in [1.54, 1.807) is 18.7 Å². The van der Waals surface area contributed by atoms with Gasteiger partial charge in [0.15, 0.2) is 0 Å². The van der Waals surface area contributed by atoms with Gasteiger partial charge in [0.1, 0.15) is 17.2 Å². The Morgan fingerprint density at radius 2 is 1.80 bits per heavy atom. The molecule has 30 heavy (non-hydrogen) atoms. The van der Waals surface area contributed by atoms with Crippen LogP contribution in [-0.2, 0) is 16.0 Å². The van der Waals surface area contributed by atoms with Crippen molar-refractivity contribution in [2.45, 2.75) is 27.2 Å². The number of thiazole rings is 1. The lowest BCUT2D eigenvalue weighted by atomic mass is 10.0. The van der Waals surface area contributed by atoms with E-state index >= 15 is 0 Å². The highest BCUT2D eigenvalue weighted by Gasteiger charge is 2.20. The van der Waals surface area contributed by atoms with Gasteiger partial charge in [-0.25, -0.2) is 9.67 Å². The fraction of sp³-hybridized carbons (Fsp3) is 0.333. The monoisotopic (exact) mass is 428 g/mol. The van der Waals surface area contributed by atoms with Crippen molar-refractivity contribution in [3.05, 3.63) is 57.4 Å². The first kappa shape index (κ1) is 21.5. The maximum absolute atomic E-state index is 12.4. The SMILES string of the molecule is COC(=O)CNC(=O)c1sc(-n2nc(C)c(Cc3ccc(OC)cc3)c2C)nc1C. The van der Waals surface area contributed by atoms with E-state index in [1.165, 1.54) is 18.4 Å². The second-order valence-electron chi connectivity index (χ2n) is 6.76. The lowest BCUT2D eigenvalue weighted by molar-refractivity contribution is -0.139. The van der Waals surface area contributed by atoms with Crippen LogP contribution in [0.3, 0.4) is 0 Å². The second-order valence-corrected chi connectivity index (χ2v) is 7.73. The number of rotatable bonds is 7. The molecule has 8 nitrogen and oxygen atoms in total. The molecule has 9 heteroatoms. The molecule has 2 aromatic heterocycles. The van der Waals surface area contributed by atoms with Gasteiger partial charge in [-0.3, -0.25) is 9.59 Å². The summed E-state index contributed by atoms with van der Waals surface area (Å²) in [6.07, 6.45) is 0.735. The number of amides is 1. The first-order chi connectivity index (χ1) is 14.3. The van der Waals surface area contributed by atoms with Crippen LogP contribution >= 0.6 is 11.3 Å². The maximum atomic E-state index is 12.4. The summed E-state index contributed by atoms with van der Waals surface area (Å²) in [4.78, 5) is 28.6. The largest absolute Gasteiger partial charge is 0.497 e. The zero-order valence-electron chi connectivity index (χ0n) is 17.6. The van der Waals surface area contributed by atoms with Crippen LogP contribution in [0.15, 0.2) is 24.3 Å². The standard InChI is InChI=1S/C21H24N4O4S/c1-12-17(10-15-6-8-16(28-4)9-7-15)14(3)25(24-12)21-23-13(2)19(30-21)20(27)22-11-18(26)29-5/h6-9H,10-11H2,1-5H3,(H,22,27). The van der Waals surface area contributed by atoms with Crippen molar-refractivity contribution in [1.82, 2.24) is 20.1 Å². The number of carbonyl (C=O) groups is 2. The molecule has 0 spiro atoms. The van der Waals surface area contributed by atoms with E-state index in [0.717, 1.165) is 34.7 Å². The van der Waals surface area contributed by atoms with Gasteiger partial charge in [-0.05, 0) is 38.5 Å². The average molecular weight is 429 g/mol. The van der Waals surface area contributed by atoms with Crippen molar-refractivity contribution in [3.8, 4) is 10.9 Å². The van der Waals surface area contributed by atoms with Gasteiger partial charge in [0, 0.05) is 17.7 Å². The second kappa shape index (κ2) is 9.08. The molecule has 0 aliphatic heterocycles. The number of hydrogen-bond donors (Lipinski definition) is 1. The van der Waals surface area contributed by atoms with Gasteiger partial charge in [0.05, 0.1) is 25.6 Å². The Hall–Kier alpha value is -3.20. The topological polar surface area (TPSA) is 95.3 Å². The van der Waals surface area contributed by atoms with E-state index in [-0.39, 0.29) is 12.5 Å². The maximum Gasteiger partial charge on any atom is 0.325 e. The molecule has 0 saturated carbocycles. The van der Waals surface area contributed by atoms with Gasteiger partial charge in [0.2, 0.25) is 5.13 Å². The molecule has 3 rings (SSSR count). The van der Waals surface area contributed by atoms with E-state index in [1.807, 2.05) is 38.1 Å². The van der Waals surface area contributed by atoms with Gasteiger partial charge in [-0.15, -0.1) is 0 Å². The third-order valence-corrected chi connectivity index (χ3v) is 5.91. The summed E-state index contributed by atoms with van der Waals surface area (Å²) in [6, 6.07) is 7.94. The van der Waals surface area contributed by atoms with Crippen LogP contribution in [0.5, 0.6) is 5.75 Å².